The van der Waals surface area contributed by atoms with E-state index in [0.717, 1.165) is 4.31 Å². The van der Waals surface area contributed by atoms with Crippen molar-refractivity contribution in [1.82, 2.24) is 5.32 Å². The molecule has 174 valence electrons. The van der Waals surface area contributed by atoms with E-state index in [0.29, 0.717) is 11.5 Å². The van der Waals surface area contributed by atoms with Crippen LogP contribution in [0.3, 0.4) is 0 Å². The summed E-state index contributed by atoms with van der Waals surface area (Å²) in [5.41, 5.74) is 0.220. The molecule has 0 unspecified atom stereocenters. The predicted octanol–water partition coefficient (Wildman–Crippen LogP) is 3.09. The summed E-state index contributed by atoms with van der Waals surface area (Å²) in [4.78, 5) is 12.8. The van der Waals surface area contributed by atoms with Crippen LogP contribution in [0, 0.1) is 0 Å². The zero-order chi connectivity index (χ0) is 23.7. The summed E-state index contributed by atoms with van der Waals surface area (Å²) in [6, 6.07) is 21.8. The normalized spacial score (nSPS) is 10.8. The molecule has 0 aliphatic carbocycles. The number of sulfonamides is 1. The van der Waals surface area contributed by atoms with E-state index in [1.54, 1.807) is 36.4 Å². The number of para-hydroxylation sites is 1. The van der Waals surface area contributed by atoms with Crippen LogP contribution in [0.2, 0.25) is 0 Å². The fourth-order valence-corrected chi connectivity index (χ4v) is 4.53. The van der Waals surface area contributed by atoms with E-state index in [2.05, 4.69) is 5.32 Å². The van der Waals surface area contributed by atoms with Crippen molar-refractivity contribution in [3.63, 3.8) is 0 Å². The second-order valence-electron chi connectivity index (χ2n) is 6.87. The maximum absolute atomic E-state index is 13.4. The van der Waals surface area contributed by atoms with Crippen LogP contribution in [0.4, 0.5) is 5.69 Å². The number of carbonyl (C=O) groups is 1. The largest absolute Gasteiger partial charge is 0.497 e. The van der Waals surface area contributed by atoms with Gasteiger partial charge < -0.3 is 19.5 Å². The summed E-state index contributed by atoms with van der Waals surface area (Å²) in [7, 11) is -1.13. The summed E-state index contributed by atoms with van der Waals surface area (Å²) in [6.07, 6.45) is 0. The number of hydrogen-bond acceptors (Lipinski definition) is 6. The summed E-state index contributed by atoms with van der Waals surface area (Å²) >= 11 is 0. The van der Waals surface area contributed by atoms with Crippen LogP contribution in [0.1, 0.15) is 0 Å². The van der Waals surface area contributed by atoms with Crippen molar-refractivity contribution in [3.8, 4) is 17.2 Å². The van der Waals surface area contributed by atoms with Crippen molar-refractivity contribution >= 4 is 21.6 Å². The zero-order valence-corrected chi connectivity index (χ0v) is 19.2. The number of nitrogens with one attached hydrogen (secondary N) is 1. The molecule has 0 aliphatic rings. The number of hydrogen-bond donors (Lipinski definition) is 1. The van der Waals surface area contributed by atoms with Gasteiger partial charge in [0.25, 0.3) is 10.0 Å². The molecule has 33 heavy (non-hydrogen) atoms. The zero-order valence-electron chi connectivity index (χ0n) is 18.4. The lowest BCUT2D eigenvalue weighted by molar-refractivity contribution is -0.119. The quantitative estimate of drug-likeness (QED) is 0.433. The molecule has 0 heterocycles. The Kier molecular flexibility index (Phi) is 8.15. The number of ether oxygens (including phenoxy) is 3. The van der Waals surface area contributed by atoms with Crippen LogP contribution in [0.15, 0.2) is 83.8 Å². The molecule has 0 radical (unpaired) electrons. The molecule has 1 N–H and O–H groups in total. The first-order valence-corrected chi connectivity index (χ1v) is 11.6. The second-order valence-corrected chi connectivity index (χ2v) is 8.74. The van der Waals surface area contributed by atoms with Gasteiger partial charge in [-0.2, -0.15) is 0 Å². The molecule has 0 aromatic heterocycles. The fraction of sp³-hybridized carbons (Fsp3) is 0.208. The molecule has 0 bridgehead atoms. The molecular weight excluding hydrogens is 444 g/mol. The van der Waals surface area contributed by atoms with E-state index < -0.39 is 22.5 Å². The van der Waals surface area contributed by atoms with Gasteiger partial charge in [0, 0.05) is 6.07 Å². The lowest BCUT2D eigenvalue weighted by Gasteiger charge is -2.26. The van der Waals surface area contributed by atoms with Gasteiger partial charge in [-0.25, -0.2) is 8.42 Å². The topological polar surface area (TPSA) is 94.2 Å². The number of anilines is 1. The van der Waals surface area contributed by atoms with Crippen LogP contribution in [-0.2, 0) is 14.8 Å². The monoisotopic (exact) mass is 470 g/mol. The van der Waals surface area contributed by atoms with E-state index in [1.807, 2.05) is 30.3 Å². The molecule has 0 fully saturated rings. The number of benzene rings is 3. The van der Waals surface area contributed by atoms with Crippen LogP contribution in [0.25, 0.3) is 0 Å². The van der Waals surface area contributed by atoms with Gasteiger partial charge in [0.1, 0.15) is 30.4 Å². The highest BCUT2D eigenvalue weighted by molar-refractivity contribution is 7.92. The third-order valence-electron chi connectivity index (χ3n) is 4.71. The average Bonchev–Trinajstić information content (AvgIpc) is 2.86. The Bertz CT molecular complexity index is 1150. The van der Waals surface area contributed by atoms with Crippen molar-refractivity contribution in [2.75, 3.05) is 38.2 Å². The highest BCUT2D eigenvalue weighted by atomic mass is 32.2. The Balaban J connectivity index is 1.80. The predicted molar refractivity (Wildman–Crippen MR) is 125 cm³/mol. The van der Waals surface area contributed by atoms with E-state index >= 15 is 0 Å². The number of rotatable bonds is 11. The maximum atomic E-state index is 13.4. The molecule has 0 saturated carbocycles. The van der Waals surface area contributed by atoms with E-state index in [-0.39, 0.29) is 29.5 Å². The van der Waals surface area contributed by atoms with Crippen molar-refractivity contribution in [2.45, 2.75) is 4.90 Å². The standard InChI is InChI=1S/C24H26N2O6S/c1-30-20-13-14-22(23(17-20)31-2)26(33(28,29)21-11-7-4-8-12-21)18-24(27)25-15-16-32-19-9-5-3-6-10-19/h3-14,17H,15-16,18H2,1-2H3,(H,25,27). The van der Waals surface area contributed by atoms with Crippen LogP contribution >= 0.6 is 0 Å². The molecule has 3 aromatic carbocycles. The highest BCUT2D eigenvalue weighted by Crippen LogP contribution is 2.35. The van der Waals surface area contributed by atoms with Gasteiger partial charge in [0.2, 0.25) is 5.91 Å². The van der Waals surface area contributed by atoms with Gasteiger partial charge in [-0.3, -0.25) is 9.10 Å². The second kappa shape index (κ2) is 11.2. The molecule has 0 aliphatic heterocycles. The number of nitrogens with zero attached hydrogens (tertiary/aromatic N) is 1. The Morgan fingerprint density at radius 2 is 1.55 bits per heavy atom. The third kappa shape index (κ3) is 6.17. The van der Waals surface area contributed by atoms with E-state index in [1.165, 1.54) is 26.4 Å². The minimum atomic E-state index is -4.05. The van der Waals surface area contributed by atoms with Gasteiger partial charge in [-0.15, -0.1) is 0 Å². The molecular formula is C24H26N2O6S. The summed E-state index contributed by atoms with van der Waals surface area (Å²) < 4.78 is 44.1. The molecule has 9 heteroatoms. The Morgan fingerprint density at radius 1 is 0.879 bits per heavy atom. The maximum Gasteiger partial charge on any atom is 0.264 e. The van der Waals surface area contributed by atoms with Crippen molar-refractivity contribution in [2.24, 2.45) is 0 Å². The van der Waals surface area contributed by atoms with Gasteiger partial charge in [0.05, 0.1) is 31.3 Å². The summed E-state index contributed by atoms with van der Waals surface area (Å²) in [5, 5.41) is 2.70. The smallest absolute Gasteiger partial charge is 0.264 e. The molecule has 1 amide bonds. The molecule has 0 saturated heterocycles. The first-order chi connectivity index (χ1) is 16.0. The average molecular weight is 471 g/mol. The van der Waals surface area contributed by atoms with Gasteiger partial charge >= 0.3 is 0 Å². The lowest BCUT2D eigenvalue weighted by atomic mass is 10.2. The molecule has 0 spiro atoms. The minimum absolute atomic E-state index is 0.0584. The SMILES string of the molecule is COc1ccc(N(CC(=O)NCCOc2ccccc2)S(=O)(=O)c2ccccc2)c(OC)c1. The minimum Gasteiger partial charge on any atom is -0.497 e. The summed E-state index contributed by atoms with van der Waals surface area (Å²) in [5.74, 6) is 0.955. The molecule has 3 rings (SSSR count). The van der Waals surface area contributed by atoms with Crippen LogP contribution in [-0.4, -0.2) is 48.2 Å². The first kappa shape index (κ1) is 23.9. The van der Waals surface area contributed by atoms with Crippen molar-refractivity contribution < 1.29 is 27.4 Å². The first-order valence-electron chi connectivity index (χ1n) is 10.2. The number of carbonyl (C=O) groups excluding carboxylic acids is 1. The fourth-order valence-electron chi connectivity index (χ4n) is 3.07. The van der Waals surface area contributed by atoms with E-state index in [4.69, 9.17) is 14.2 Å². The lowest BCUT2D eigenvalue weighted by Crippen LogP contribution is -2.42. The van der Waals surface area contributed by atoms with Crippen LogP contribution in [0.5, 0.6) is 17.2 Å². The molecule has 8 nitrogen and oxygen atoms in total. The van der Waals surface area contributed by atoms with Gasteiger partial charge in [-0.05, 0) is 36.4 Å². The van der Waals surface area contributed by atoms with Crippen molar-refractivity contribution in [3.05, 3.63) is 78.9 Å². The van der Waals surface area contributed by atoms with Crippen molar-refractivity contribution in [1.29, 1.82) is 0 Å². The Morgan fingerprint density at radius 3 is 2.18 bits per heavy atom. The summed E-state index contributed by atoms with van der Waals surface area (Å²) in [6.45, 7) is 0.0188. The van der Waals surface area contributed by atoms with E-state index in [9.17, 15) is 13.2 Å². The third-order valence-corrected chi connectivity index (χ3v) is 6.48. The molecule has 3 aromatic rings. The Labute approximate surface area is 193 Å². The van der Waals surface area contributed by atoms with Gasteiger partial charge in [-0.1, -0.05) is 36.4 Å². The molecule has 0 atom stereocenters. The number of methoxy groups -OCH3 is 2. The Hall–Kier alpha value is -3.72. The van der Waals surface area contributed by atoms with Gasteiger partial charge in [0.15, 0.2) is 0 Å². The van der Waals surface area contributed by atoms with Crippen LogP contribution < -0.4 is 23.8 Å². The number of amides is 1. The highest BCUT2D eigenvalue weighted by Gasteiger charge is 2.29.